The summed E-state index contributed by atoms with van der Waals surface area (Å²) in [4.78, 5) is 47.1. The second kappa shape index (κ2) is 13.2. The highest BCUT2D eigenvalue weighted by Crippen LogP contribution is 2.33. The standard InChI is InChI=1S/C24H34N4O6S/c29-16-7-5-6-15(12-16)13-21(31)26-17(23(32)33)8-3-4-11-25-20(30)10-2-1-9-19-22-18(14-35-19)27-24(34)28-22/h5-7,12,17-19,22,29H,1-4,8-11,13-14H2,(H,25,30)(H,26,31)(H,32,33)(H2,27,28,34)/t17-,18-,19-,22-/m0/s1. The van der Waals surface area contributed by atoms with Crippen LogP contribution in [0.2, 0.25) is 0 Å². The predicted molar refractivity (Wildman–Crippen MR) is 132 cm³/mol. The number of amides is 4. The second-order valence-electron chi connectivity index (χ2n) is 9.02. The van der Waals surface area contributed by atoms with E-state index in [2.05, 4.69) is 21.3 Å². The van der Waals surface area contributed by atoms with Crippen molar-refractivity contribution in [2.75, 3.05) is 12.3 Å². The van der Waals surface area contributed by atoms with Crippen LogP contribution in [0.15, 0.2) is 24.3 Å². The number of nitrogens with one attached hydrogen (secondary N) is 4. The van der Waals surface area contributed by atoms with Crippen LogP contribution in [0.25, 0.3) is 0 Å². The first-order valence-electron chi connectivity index (χ1n) is 12.1. The third-order valence-corrected chi connectivity index (χ3v) is 7.74. The summed E-state index contributed by atoms with van der Waals surface area (Å²) in [6.07, 6.45) is 4.54. The number of hydrogen-bond donors (Lipinski definition) is 6. The molecule has 10 nitrogen and oxygen atoms in total. The molecule has 0 spiro atoms. The van der Waals surface area contributed by atoms with Crippen LogP contribution in [-0.2, 0) is 20.8 Å². The summed E-state index contributed by atoms with van der Waals surface area (Å²) in [5, 5.41) is 30.5. The van der Waals surface area contributed by atoms with Crippen LogP contribution in [-0.4, -0.2) is 69.7 Å². The van der Waals surface area contributed by atoms with Gasteiger partial charge in [-0.05, 0) is 49.8 Å². The van der Waals surface area contributed by atoms with Gasteiger partial charge in [0.1, 0.15) is 11.8 Å². The maximum Gasteiger partial charge on any atom is 0.326 e. The Kier molecular flexibility index (Phi) is 10.1. The van der Waals surface area contributed by atoms with Crippen molar-refractivity contribution in [2.45, 2.75) is 74.7 Å². The van der Waals surface area contributed by atoms with E-state index in [4.69, 9.17) is 0 Å². The third kappa shape index (κ3) is 8.65. The van der Waals surface area contributed by atoms with Gasteiger partial charge < -0.3 is 31.5 Å². The lowest BCUT2D eigenvalue weighted by Crippen LogP contribution is -2.41. The van der Waals surface area contributed by atoms with E-state index >= 15 is 0 Å². The first kappa shape index (κ1) is 26.7. The van der Waals surface area contributed by atoms with Crippen molar-refractivity contribution in [3.63, 3.8) is 0 Å². The fourth-order valence-corrected chi connectivity index (χ4v) is 5.96. The number of thioether (sulfide) groups is 1. The normalized spacial score (nSPS) is 21.5. The number of carboxylic acids is 1. The van der Waals surface area contributed by atoms with E-state index in [-0.39, 0.29) is 42.6 Å². The number of phenolic OH excluding ortho intramolecular Hbond substituents is 1. The Balaban J connectivity index is 1.23. The molecule has 2 heterocycles. The highest BCUT2D eigenvalue weighted by molar-refractivity contribution is 8.00. The summed E-state index contributed by atoms with van der Waals surface area (Å²) in [6, 6.07) is 5.60. The van der Waals surface area contributed by atoms with Crippen LogP contribution in [0.3, 0.4) is 0 Å². The molecule has 2 fully saturated rings. The lowest BCUT2D eigenvalue weighted by atomic mass is 10.0. The number of carbonyl (C=O) groups excluding carboxylic acids is 3. The number of unbranched alkanes of at least 4 members (excludes halogenated alkanes) is 2. The SMILES string of the molecule is O=C(CCCC[C@@H]1SC[C@@H]2NC(=O)N[C@@H]21)NCCCC[C@H](NC(=O)Cc1cccc(O)c1)C(=O)O. The second-order valence-corrected chi connectivity index (χ2v) is 10.3. The Morgan fingerprint density at radius 3 is 2.71 bits per heavy atom. The summed E-state index contributed by atoms with van der Waals surface area (Å²) < 4.78 is 0. The van der Waals surface area contributed by atoms with Crippen molar-refractivity contribution >= 4 is 35.6 Å². The number of benzene rings is 1. The Bertz CT molecular complexity index is 914. The van der Waals surface area contributed by atoms with Crippen LogP contribution >= 0.6 is 11.8 Å². The topological polar surface area (TPSA) is 157 Å². The zero-order chi connectivity index (χ0) is 25.2. The fourth-order valence-electron chi connectivity index (χ4n) is 4.42. The van der Waals surface area contributed by atoms with Crippen LogP contribution in [0.5, 0.6) is 5.75 Å². The summed E-state index contributed by atoms with van der Waals surface area (Å²) >= 11 is 1.87. The van der Waals surface area contributed by atoms with Gasteiger partial charge in [0.25, 0.3) is 0 Å². The lowest BCUT2D eigenvalue weighted by molar-refractivity contribution is -0.142. The first-order chi connectivity index (χ1) is 16.8. The number of fused-ring (bicyclic) bond motifs is 1. The first-order valence-corrected chi connectivity index (χ1v) is 13.1. The van der Waals surface area contributed by atoms with Gasteiger partial charge in [-0.3, -0.25) is 9.59 Å². The van der Waals surface area contributed by atoms with Gasteiger partial charge in [-0.15, -0.1) is 0 Å². The van der Waals surface area contributed by atoms with E-state index in [1.54, 1.807) is 12.1 Å². The van der Waals surface area contributed by atoms with E-state index < -0.39 is 17.9 Å². The summed E-state index contributed by atoms with van der Waals surface area (Å²) in [6.45, 7) is 0.461. The van der Waals surface area contributed by atoms with Gasteiger partial charge in [0.15, 0.2) is 0 Å². The largest absolute Gasteiger partial charge is 0.508 e. The molecule has 0 aliphatic carbocycles. The Labute approximate surface area is 209 Å². The zero-order valence-corrected chi connectivity index (χ0v) is 20.4. The molecule has 3 rings (SSSR count). The Morgan fingerprint density at radius 1 is 1.11 bits per heavy atom. The van der Waals surface area contributed by atoms with Crippen molar-refractivity contribution in [1.82, 2.24) is 21.3 Å². The number of carbonyl (C=O) groups is 4. The molecule has 0 bridgehead atoms. The van der Waals surface area contributed by atoms with Gasteiger partial charge in [0.2, 0.25) is 11.8 Å². The average Bonchev–Trinajstić information content (AvgIpc) is 3.34. The zero-order valence-electron chi connectivity index (χ0n) is 19.6. The molecular weight excluding hydrogens is 472 g/mol. The summed E-state index contributed by atoms with van der Waals surface area (Å²) in [5.41, 5.74) is 0.600. The number of aliphatic carboxylic acids is 1. The smallest absolute Gasteiger partial charge is 0.326 e. The van der Waals surface area contributed by atoms with Gasteiger partial charge in [0.05, 0.1) is 18.5 Å². The van der Waals surface area contributed by atoms with Gasteiger partial charge in [-0.2, -0.15) is 11.8 Å². The maximum atomic E-state index is 12.2. The Hall–Kier alpha value is -2.95. The number of phenols is 1. The summed E-state index contributed by atoms with van der Waals surface area (Å²) in [5.74, 6) is -0.562. The molecule has 0 radical (unpaired) electrons. The third-order valence-electron chi connectivity index (χ3n) is 6.23. The molecule has 0 saturated carbocycles. The minimum absolute atomic E-state index is 0.0135. The van der Waals surface area contributed by atoms with Gasteiger partial charge in [-0.25, -0.2) is 9.59 Å². The highest BCUT2D eigenvalue weighted by atomic mass is 32.2. The van der Waals surface area contributed by atoms with Crippen molar-refractivity contribution in [3.05, 3.63) is 29.8 Å². The molecule has 1 aromatic carbocycles. The average molecular weight is 507 g/mol. The molecule has 4 atom stereocenters. The van der Waals surface area contributed by atoms with E-state index in [9.17, 15) is 29.4 Å². The minimum atomic E-state index is -1.10. The molecule has 2 aliphatic heterocycles. The number of hydrogen-bond acceptors (Lipinski definition) is 6. The maximum absolute atomic E-state index is 12.2. The fraction of sp³-hybridized carbons (Fsp3) is 0.583. The molecule has 0 aromatic heterocycles. The van der Waals surface area contributed by atoms with Crippen LogP contribution in [0, 0.1) is 0 Å². The highest BCUT2D eigenvalue weighted by Gasteiger charge is 2.42. The number of carboxylic acid groups (broad SMARTS) is 1. The molecule has 6 N–H and O–H groups in total. The van der Waals surface area contributed by atoms with Crippen molar-refractivity contribution in [2.24, 2.45) is 0 Å². The van der Waals surface area contributed by atoms with E-state index in [0.717, 1.165) is 25.0 Å². The number of aromatic hydroxyl groups is 1. The molecule has 1 aromatic rings. The molecule has 2 saturated heterocycles. The van der Waals surface area contributed by atoms with Gasteiger partial charge in [-0.1, -0.05) is 18.6 Å². The minimum Gasteiger partial charge on any atom is -0.508 e. The van der Waals surface area contributed by atoms with E-state index in [0.29, 0.717) is 36.6 Å². The molecule has 35 heavy (non-hydrogen) atoms. The lowest BCUT2D eigenvalue weighted by Gasteiger charge is -2.16. The van der Waals surface area contributed by atoms with Crippen LogP contribution < -0.4 is 21.3 Å². The number of rotatable bonds is 14. The molecule has 0 unspecified atom stereocenters. The predicted octanol–water partition coefficient (Wildman–Crippen LogP) is 1.52. The quantitative estimate of drug-likeness (QED) is 0.165. The van der Waals surface area contributed by atoms with E-state index in [1.165, 1.54) is 12.1 Å². The van der Waals surface area contributed by atoms with Crippen LogP contribution in [0.1, 0.15) is 50.5 Å². The van der Waals surface area contributed by atoms with Gasteiger partial charge >= 0.3 is 12.0 Å². The summed E-state index contributed by atoms with van der Waals surface area (Å²) in [7, 11) is 0. The van der Waals surface area contributed by atoms with Crippen molar-refractivity contribution < 1.29 is 29.4 Å². The van der Waals surface area contributed by atoms with Crippen LogP contribution in [0.4, 0.5) is 4.79 Å². The monoisotopic (exact) mass is 506 g/mol. The van der Waals surface area contributed by atoms with Crippen molar-refractivity contribution in [1.29, 1.82) is 0 Å². The molecule has 192 valence electrons. The van der Waals surface area contributed by atoms with Gasteiger partial charge in [0, 0.05) is 24.0 Å². The van der Waals surface area contributed by atoms with Crippen molar-refractivity contribution in [3.8, 4) is 5.75 Å². The molecular formula is C24H34N4O6S. The number of urea groups is 1. The Morgan fingerprint density at radius 2 is 1.94 bits per heavy atom. The molecule has 2 aliphatic rings. The molecule has 4 amide bonds. The van der Waals surface area contributed by atoms with E-state index in [1.807, 2.05) is 11.8 Å². The molecule has 11 heteroatoms.